The minimum atomic E-state index is 0.204. The fourth-order valence-corrected chi connectivity index (χ4v) is 3.57. The second-order valence-electron chi connectivity index (χ2n) is 5.58. The molecule has 1 saturated carbocycles. The van der Waals surface area contributed by atoms with Gasteiger partial charge in [-0.2, -0.15) is 11.3 Å². The van der Waals surface area contributed by atoms with Crippen LogP contribution in [0.4, 0.5) is 0 Å². The van der Waals surface area contributed by atoms with Crippen LogP contribution >= 0.6 is 11.3 Å². The number of nitrogens with one attached hydrogen (secondary N) is 1. The molecule has 0 radical (unpaired) electrons. The van der Waals surface area contributed by atoms with Gasteiger partial charge in [0.05, 0.1) is 5.69 Å². The molecule has 0 atom stereocenters. The second kappa shape index (κ2) is 6.85. The molecule has 0 spiro atoms. The number of carbonyl (C=O) groups is 1. The maximum absolute atomic E-state index is 12.2. The highest BCUT2D eigenvalue weighted by Gasteiger charge is 2.20. The molecule has 0 aliphatic heterocycles. The van der Waals surface area contributed by atoms with Crippen LogP contribution in [0.5, 0.6) is 0 Å². The Labute approximate surface area is 129 Å². The van der Waals surface area contributed by atoms with Crippen molar-refractivity contribution in [1.82, 2.24) is 10.3 Å². The average Bonchev–Trinajstić information content (AvgIpc) is 3.08. The fourth-order valence-electron chi connectivity index (χ4n) is 2.93. The average molecular weight is 300 g/mol. The Hall–Kier alpha value is -1.68. The summed E-state index contributed by atoms with van der Waals surface area (Å²) in [6, 6.07) is 6.04. The first kappa shape index (κ1) is 14.3. The lowest BCUT2D eigenvalue weighted by atomic mass is 9.88. The van der Waals surface area contributed by atoms with E-state index in [0.717, 1.165) is 29.7 Å². The Morgan fingerprint density at radius 2 is 2.14 bits per heavy atom. The third kappa shape index (κ3) is 3.50. The molecule has 2 heterocycles. The number of carbonyl (C=O) groups excluding carboxylic acids is 1. The monoisotopic (exact) mass is 300 g/mol. The van der Waals surface area contributed by atoms with Crippen molar-refractivity contribution in [2.75, 3.05) is 0 Å². The highest BCUT2D eigenvalue weighted by Crippen LogP contribution is 2.25. The fraction of sp³-hybridized carbons (Fsp3) is 0.412. The molecule has 3 rings (SSSR count). The number of pyridine rings is 1. The molecule has 1 aliphatic rings. The van der Waals surface area contributed by atoms with Gasteiger partial charge in [0, 0.05) is 29.6 Å². The molecular formula is C17H20N2OS. The summed E-state index contributed by atoms with van der Waals surface area (Å²) in [7, 11) is 0. The molecule has 110 valence electrons. The van der Waals surface area contributed by atoms with E-state index in [-0.39, 0.29) is 11.8 Å². The molecule has 2 aromatic heterocycles. The van der Waals surface area contributed by atoms with Crippen molar-refractivity contribution >= 4 is 17.2 Å². The molecule has 1 aliphatic carbocycles. The highest BCUT2D eigenvalue weighted by molar-refractivity contribution is 7.08. The van der Waals surface area contributed by atoms with E-state index in [2.05, 4.69) is 27.1 Å². The summed E-state index contributed by atoms with van der Waals surface area (Å²) in [5, 5.41) is 7.24. The van der Waals surface area contributed by atoms with Crippen molar-refractivity contribution in [3.05, 3.63) is 40.7 Å². The van der Waals surface area contributed by atoms with Crippen LogP contribution in [0.2, 0.25) is 0 Å². The van der Waals surface area contributed by atoms with Gasteiger partial charge >= 0.3 is 0 Å². The number of hydrogen-bond acceptors (Lipinski definition) is 3. The van der Waals surface area contributed by atoms with Crippen molar-refractivity contribution in [1.29, 1.82) is 0 Å². The van der Waals surface area contributed by atoms with Gasteiger partial charge in [0.25, 0.3) is 0 Å². The molecule has 2 aromatic rings. The molecule has 0 unspecified atom stereocenters. The summed E-state index contributed by atoms with van der Waals surface area (Å²) in [6.45, 7) is 0.564. The summed E-state index contributed by atoms with van der Waals surface area (Å²) in [5.41, 5.74) is 3.19. The number of amides is 1. The van der Waals surface area contributed by atoms with E-state index < -0.39 is 0 Å². The van der Waals surface area contributed by atoms with Crippen molar-refractivity contribution in [3.63, 3.8) is 0 Å². The van der Waals surface area contributed by atoms with Crippen LogP contribution in [0.15, 0.2) is 35.2 Å². The third-order valence-corrected chi connectivity index (χ3v) is 4.80. The molecule has 3 nitrogen and oxygen atoms in total. The minimum absolute atomic E-state index is 0.204. The first-order valence-electron chi connectivity index (χ1n) is 7.59. The zero-order valence-electron chi connectivity index (χ0n) is 12.0. The molecular weight excluding hydrogens is 280 g/mol. The lowest BCUT2D eigenvalue weighted by Crippen LogP contribution is -2.31. The second-order valence-corrected chi connectivity index (χ2v) is 6.36. The number of hydrogen-bond donors (Lipinski definition) is 1. The van der Waals surface area contributed by atoms with E-state index in [1.165, 1.54) is 19.3 Å². The topological polar surface area (TPSA) is 42.0 Å². The largest absolute Gasteiger partial charge is 0.352 e. The Morgan fingerprint density at radius 1 is 1.29 bits per heavy atom. The third-order valence-electron chi connectivity index (χ3n) is 4.11. The van der Waals surface area contributed by atoms with Gasteiger partial charge in [-0.05, 0) is 35.9 Å². The SMILES string of the molecule is O=C(NCc1cccnc1-c1ccsc1)C1CCCCC1. The molecule has 0 aromatic carbocycles. The summed E-state index contributed by atoms with van der Waals surface area (Å²) in [6.07, 6.45) is 7.52. The van der Waals surface area contributed by atoms with E-state index in [9.17, 15) is 4.79 Å². The Kier molecular flexibility index (Phi) is 4.65. The molecule has 1 amide bonds. The number of rotatable bonds is 4. The molecule has 0 saturated heterocycles. The van der Waals surface area contributed by atoms with Crippen LogP contribution in [0.1, 0.15) is 37.7 Å². The normalized spacial score (nSPS) is 15.8. The zero-order chi connectivity index (χ0) is 14.5. The molecule has 21 heavy (non-hydrogen) atoms. The summed E-state index contributed by atoms with van der Waals surface area (Å²) in [4.78, 5) is 16.7. The Balaban J connectivity index is 1.66. The Bertz CT molecular complexity index is 589. The van der Waals surface area contributed by atoms with Crippen LogP contribution in [-0.2, 0) is 11.3 Å². The smallest absolute Gasteiger partial charge is 0.223 e. The van der Waals surface area contributed by atoms with Crippen molar-refractivity contribution in [3.8, 4) is 11.3 Å². The Morgan fingerprint density at radius 3 is 2.90 bits per heavy atom. The first-order valence-corrected chi connectivity index (χ1v) is 8.53. The predicted octanol–water partition coefficient (Wildman–Crippen LogP) is 4.01. The zero-order valence-corrected chi connectivity index (χ0v) is 12.9. The van der Waals surface area contributed by atoms with Gasteiger partial charge in [0.2, 0.25) is 5.91 Å². The minimum Gasteiger partial charge on any atom is -0.352 e. The molecule has 1 N–H and O–H groups in total. The van der Waals surface area contributed by atoms with Crippen molar-refractivity contribution in [2.24, 2.45) is 5.92 Å². The van der Waals surface area contributed by atoms with Gasteiger partial charge in [-0.15, -0.1) is 0 Å². The van der Waals surface area contributed by atoms with Crippen molar-refractivity contribution in [2.45, 2.75) is 38.6 Å². The van der Waals surface area contributed by atoms with Gasteiger partial charge < -0.3 is 5.32 Å². The van der Waals surface area contributed by atoms with Gasteiger partial charge in [-0.1, -0.05) is 25.3 Å². The molecule has 4 heteroatoms. The lowest BCUT2D eigenvalue weighted by Gasteiger charge is -2.21. The summed E-state index contributed by atoms with van der Waals surface area (Å²) in [5.74, 6) is 0.412. The first-order chi connectivity index (χ1) is 10.3. The van der Waals surface area contributed by atoms with E-state index in [0.29, 0.717) is 6.54 Å². The van der Waals surface area contributed by atoms with E-state index in [4.69, 9.17) is 0 Å². The number of aromatic nitrogens is 1. The molecule has 0 bridgehead atoms. The lowest BCUT2D eigenvalue weighted by molar-refractivity contribution is -0.126. The van der Waals surface area contributed by atoms with E-state index in [1.54, 1.807) is 17.5 Å². The van der Waals surface area contributed by atoms with E-state index in [1.807, 2.05) is 12.1 Å². The van der Waals surface area contributed by atoms with Gasteiger partial charge in [-0.3, -0.25) is 9.78 Å². The molecule has 1 fully saturated rings. The van der Waals surface area contributed by atoms with Crippen LogP contribution < -0.4 is 5.32 Å². The van der Waals surface area contributed by atoms with Gasteiger partial charge in [-0.25, -0.2) is 0 Å². The standard InChI is InChI=1S/C17H20N2OS/c20-17(13-5-2-1-3-6-13)19-11-14-7-4-9-18-16(14)15-8-10-21-12-15/h4,7-10,12-13H,1-3,5-6,11H2,(H,19,20). The van der Waals surface area contributed by atoms with E-state index >= 15 is 0 Å². The van der Waals surface area contributed by atoms with Crippen LogP contribution in [0, 0.1) is 5.92 Å². The van der Waals surface area contributed by atoms with Gasteiger partial charge in [0.15, 0.2) is 0 Å². The van der Waals surface area contributed by atoms with Crippen molar-refractivity contribution < 1.29 is 4.79 Å². The van der Waals surface area contributed by atoms with Crippen LogP contribution in [0.25, 0.3) is 11.3 Å². The van der Waals surface area contributed by atoms with Crippen LogP contribution in [0.3, 0.4) is 0 Å². The summed E-state index contributed by atoms with van der Waals surface area (Å²) < 4.78 is 0. The quantitative estimate of drug-likeness (QED) is 0.927. The number of nitrogens with zero attached hydrogens (tertiary/aromatic N) is 1. The summed E-state index contributed by atoms with van der Waals surface area (Å²) >= 11 is 1.66. The highest BCUT2D eigenvalue weighted by atomic mass is 32.1. The maximum atomic E-state index is 12.2. The maximum Gasteiger partial charge on any atom is 0.223 e. The van der Waals surface area contributed by atoms with Crippen LogP contribution in [-0.4, -0.2) is 10.9 Å². The number of thiophene rings is 1. The predicted molar refractivity (Wildman–Crippen MR) is 86.0 cm³/mol. The van der Waals surface area contributed by atoms with Gasteiger partial charge in [0.1, 0.15) is 0 Å².